The van der Waals surface area contributed by atoms with Crippen molar-refractivity contribution in [3.8, 4) is 0 Å². The Morgan fingerprint density at radius 3 is 2.12 bits per heavy atom. The molecule has 0 saturated carbocycles. The number of carbonyl (C=O) groups is 1. The second-order valence-electron chi connectivity index (χ2n) is 6.48. The average molecular weight is 240 g/mol. The normalized spacial score (nSPS) is 24.6. The van der Waals surface area contributed by atoms with Gasteiger partial charge in [-0.2, -0.15) is 0 Å². The standard InChI is InChI=1S/C13H24N2O2/c1-12(2,3)15-9-13(10-15)5-7-14(8-6-13)11(16)17-4/h5-10H2,1-4H3. The van der Waals surface area contributed by atoms with Crippen LogP contribution < -0.4 is 0 Å². The van der Waals surface area contributed by atoms with Gasteiger partial charge in [0.1, 0.15) is 0 Å². The number of methoxy groups -OCH3 is 1. The molecule has 0 aliphatic carbocycles. The summed E-state index contributed by atoms with van der Waals surface area (Å²) in [6, 6.07) is 0. The third-order valence-electron chi connectivity index (χ3n) is 4.26. The van der Waals surface area contributed by atoms with E-state index in [9.17, 15) is 4.79 Å². The number of piperidine rings is 1. The summed E-state index contributed by atoms with van der Waals surface area (Å²) < 4.78 is 4.76. The van der Waals surface area contributed by atoms with Crippen LogP contribution in [-0.4, -0.2) is 54.7 Å². The van der Waals surface area contributed by atoms with Gasteiger partial charge in [-0.1, -0.05) is 0 Å². The van der Waals surface area contributed by atoms with Crippen LogP contribution in [0.2, 0.25) is 0 Å². The first kappa shape index (κ1) is 12.7. The van der Waals surface area contributed by atoms with E-state index in [1.165, 1.54) is 20.2 Å². The molecule has 0 atom stereocenters. The molecule has 2 saturated heterocycles. The molecule has 2 aliphatic rings. The maximum absolute atomic E-state index is 11.4. The molecule has 2 fully saturated rings. The zero-order chi connectivity index (χ0) is 12.7. The molecular formula is C13H24N2O2. The fraction of sp³-hybridized carbons (Fsp3) is 0.923. The predicted molar refractivity (Wildman–Crippen MR) is 67.0 cm³/mol. The lowest BCUT2D eigenvalue weighted by Crippen LogP contribution is -2.65. The highest BCUT2D eigenvalue weighted by molar-refractivity contribution is 5.67. The van der Waals surface area contributed by atoms with Crippen LogP contribution >= 0.6 is 0 Å². The van der Waals surface area contributed by atoms with Crippen molar-refractivity contribution in [2.45, 2.75) is 39.2 Å². The summed E-state index contributed by atoms with van der Waals surface area (Å²) in [6.45, 7) is 10.9. The number of ether oxygens (including phenoxy) is 1. The fourth-order valence-corrected chi connectivity index (χ4v) is 2.85. The van der Waals surface area contributed by atoms with E-state index in [0.29, 0.717) is 5.41 Å². The van der Waals surface area contributed by atoms with Crippen LogP contribution in [0.1, 0.15) is 33.6 Å². The number of rotatable bonds is 0. The Hall–Kier alpha value is -0.770. The van der Waals surface area contributed by atoms with E-state index in [1.807, 2.05) is 4.90 Å². The average Bonchev–Trinajstić information content (AvgIpc) is 2.23. The van der Waals surface area contributed by atoms with Gasteiger partial charge in [-0.3, -0.25) is 4.90 Å². The molecule has 0 N–H and O–H groups in total. The molecule has 2 heterocycles. The van der Waals surface area contributed by atoms with Crippen molar-refractivity contribution in [2.75, 3.05) is 33.3 Å². The van der Waals surface area contributed by atoms with Gasteiger partial charge in [0.15, 0.2) is 0 Å². The van der Waals surface area contributed by atoms with Gasteiger partial charge >= 0.3 is 6.09 Å². The van der Waals surface area contributed by atoms with Crippen LogP contribution in [0.5, 0.6) is 0 Å². The van der Waals surface area contributed by atoms with Crippen molar-refractivity contribution in [2.24, 2.45) is 5.41 Å². The number of likely N-dealkylation sites (tertiary alicyclic amines) is 2. The summed E-state index contributed by atoms with van der Waals surface area (Å²) in [5, 5.41) is 0. The highest BCUT2D eigenvalue weighted by Crippen LogP contribution is 2.43. The summed E-state index contributed by atoms with van der Waals surface area (Å²) in [7, 11) is 1.46. The quantitative estimate of drug-likeness (QED) is 0.649. The van der Waals surface area contributed by atoms with Crippen LogP contribution in [0.15, 0.2) is 0 Å². The van der Waals surface area contributed by atoms with Gasteiger partial charge in [0.25, 0.3) is 0 Å². The van der Waals surface area contributed by atoms with Gasteiger partial charge < -0.3 is 9.64 Å². The molecule has 0 unspecified atom stereocenters. The van der Waals surface area contributed by atoms with Gasteiger partial charge in [-0.05, 0) is 39.0 Å². The Morgan fingerprint density at radius 2 is 1.71 bits per heavy atom. The molecule has 0 radical (unpaired) electrons. The summed E-state index contributed by atoms with van der Waals surface area (Å²) in [5.74, 6) is 0. The molecule has 2 aliphatic heterocycles. The van der Waals surface area contributed by atoms with E-state index < -0.39 is 0 Å². The van der Waals surface area contributed by atoms with E-state index in [0.717, 1.165) is 25.9 Å². The topological polar surface area (TPSA) is 32.8 Å². The maximum atomic E-state index is 11.4. The Bertz CT molecular complexity index is 293. The SMILES string of the molecule is COC(=O)N1CCC2(CC1)CN(C(C)(C)C)C2. The summed E-state index contributed by atoms with van der Waals surface area (Å²) in [5.41, 5.74) is 0.753. The molecule has 1 amide bonds. The van der Waals surface area contributed by atoms with Crippen molar-refractivity contribution in [1.82, 2.24) is 9.80 Å². The third kappa shape index (κ3) is 2.41. The highest BCUT2D eigenvalue weighted by atomic mass is 16.5. The first-order valence-electron chi connectivity index (χ1n) is 6.44. The minimum absolute atomic E-state index is 0.174. The summed E-state index contributed by atoms with van der Waals surface area (Å²) >= 11 is 0. The zero-order valence-corrected chi connectivity index (χ0v) is 11.5. The number of amides is 1. The molecule has 0 aromatic carbocycles. The van der Waals surface area contributed by atoms with Crippen LogP contribution in [0, 0.1) is 5.41 Å². The third-order valence-corrected chi connectivity index (χ3v) is 4.26. The highest BCUT2D eigenvalue weighted by Gasteiger charge is 2.48. The molecule has 0 bridgehead atoms. The lowest BCUT2D eigenvalue weighted by Gasteiger charge is -2.58. The first-order chi connectivity index (χ1) is 7.86. The summed E-state index contributed by atoms with van der Waals surface area (Å²) in [4.78, 5) is 15.8. The predicted octanol–water partition coefficient (Wildman–Crippen LogP) is 1.95. The second kappa shape index (κ2) is 4.16. The number of hydrogen-bond acceptors (Lipinski definition) is 3. The van der Waals surface area contributed by atoms with Crippen molar-refractivity contribution in [3.05, 3.63) is 0 Å². The largest absolute Gasteiger partial charge is 0.453 e. The fourth-order valence-electron chi connectivity index (χ4n) is 2.85. The van der Waals surface area contributed by atoms with Crippen LogP contribution in [0.25, 0.3) is 0 Å². The van der Waals surface area contributed by atoms with Crippen LogP contribution in [0.3, 0.4) is 0 Å². The molecule has 17 heavy (non-hydrogen) atoms. The number of carbonyl (C=O) groups excluding carboxylic acids is 1. The van der Waals surface area contributed by atoms with Crippen molar-refractivity contribution in [1.29, 1.82) is 0 Å². The second-order valence-corrected chi connectivity index (χ2v) is 6.48. The Labute approximate surface area is 104 Å². The minimum atomic E-state index is -0.174. The zero-order valence-electron chi connectivity index (χ0n) is 11.5. The van der Waals surface area contributed by atoms with Crippen LogP contribution in [-0.2, 0) is 4.74 Å². The van der Waals surface area contributed by atoms with Gasteiger partial charge in [-0.25, -0.2) is 4.79 Å². The smallest absolute Gasteiger partial charge is 0.409 e. The van der Waals surface area contributed by atoms with Crippen LogP contribution in [0.4, 0.5) is 4.79 Å². The van der Waals surface area contributed by atoms with Crippen molar-refractivity contribution < 1.29 is 9.53 Å². The monoisotopic (exact) mass is 240 g/mol. The van der Waals surface area contributed by atoms with E-state index in [2.05, 4.69) is 25.7 Å². The van der Waals surface area contributed by atoms with Crippen molar-refractivity contribution in [3.63, 3.8) is 0 Å². The molecule has 2 rings (SSSR count). The molecule has 0 aromatic heterocycles. The Balaban J connectivity index is 1.83. The summed E-state index contributed by atoms with van der Waals surface area (Å²) in [6.07, 6.45) is 2.07. The molecule has 4 nitrogen and oxygen atoms in total. The molecule has 0 aromatic rings. The van der Waals surface area contributed by atoms with E-state index in [-0.39, 0.29) is 11.6 Å². The lowest BCUT2D eigenvalue weighted by molar-refractivity contribution is -0.0874. The minimum Gasteiger partial charge on any atom is -0.453 e. The number of nitrogens with zero attached hydrogens (tertiary/aromatic N) is 2. The molecule has 1 spiro atoms. The molecule has 4 heteroatoms. The Kier molecular flexibility index (Phi) is 3.10. The van der Waals surface area contributed by atoms with Gasteiger partial charge in [-0.15, -0.1) is 0 Å². The maximum Gasteiger partial charge on any atom is 0.409 e. The van der Waals surface area contributed by atoms with Gasteiger partial charge in [0, 0.05) is 31.7 Å². The van der Waals surface area contributed by atoms with Gasteiger partial charge in [0.2, 0.25) is 0 Å². The first-order valence-corrected chi connectivity index (χ1v) is 6.44. The van der Waals surface area contributed by atoms with Crippen molar-refractivity contribution >= 4 is 6.09 Å². The van der Waals surface area contributed by atoms with Gasteiger partial charge in [0.05, 0.1) is 7.11 Å². The molecule has 98 valence electrons. The molecular weight excluding hydrogens is 216 g/mol. The number of hydrogen-bond donors (Lipinski definition) is 0. The Morgan fingerprint density at radius 1 is 1.18 bits per heavy atom. The van der Waals surface area contributed by atoms with E-state index in [1.54, 1.807) is 0 Å². The van der Waals surface area contributed by atoms with E-state index in [4.69, 9.17) is 4.74 Å². The lowest BCUT2D eigenvalue weighted by atomic mass is 9.70. The van der Waals surface area contributed by atoms with E-state index >= 15 is 0 Å².